The molecule has 2 amide bonds. The van der Waals surface area contributed by atoms with Crippen LogP contribution in [0.3, 0.4) is 0 Å². The van der Waals surface area contributed by atoms with Gasteiger partial charge in [0.05, 0.1) is 13.2 Å². The Kier molecular flexibility index (Phi) is 7.22. The van der Waals surface area contributed by atoms with Crippen LogP contribution in [0.1, 0.15) is 40.5 Å². The van der Waals surface area contributed by atoms with Gasteiger partial charge in [0.25, 0.3) is 0 Å². The lowest BCUT2D eigenvalue weighted by molar-refractivity contribution is -0.135. The molecular formula is C26H28N2O3S. The van der Waals surface area contributed by atoms with Gasteiger partial charge in [-0.2, -0.15) is 0 Å². The predicted octanol–water partition coefficient (Wildman–Crippen LogP) is 4.37. The summed E-state index contributed by atoms with van der Waals surface area (Å²) in [5.41, 5.74) is 3.38. The minimum Gasteiger partial charge on any atom is -0.496 e. The van der Waals surface area contributed by atoms with Crippen molar-refractivity contribution in [3.05, 3.63) is 87.6 Å². The number of hydrogen-bond acceptors (Lipinski definition) is 4. The Morgan fingerprint density at radius 2 is 1.84 bits per heavy atom. The summed E-state index contributed by atoms with van der Waals surface area (Å²) in [6.45, 7) is 1.20. The van der Waals surface area contributed by atoms with Crippen LogP contribution in [0, 0.1) is 0 Å². The summed E-state index contributed by atoms with van der Waals surface area (Å²) in [5.74, 6) is 0.745. The quantitative estimate of drug-likeness (QED) is 0.557. The SMILES string of the molecule is COc1ccccc1CCNC(=O)CCC(=O)N1CCc2sccc2C1c1ccccc1. The zero-order valence-electron chi connectivity index (χ0n) is 18.3. The van der Waals surface area contributed by atoms with Gasteiger partial charge in [-0.05, 0) is 47.0 Å². The summed E-state index contributed by atoms with van der Waals surface area (Å²) < 4.78 is 5.35. The Morgan fingerprint density at radius 3 is 2.66 bits per heavy atom. The van der Waals surface area contributed by atoms with Crippen LogP contribution in [0.5, 0.6) is 5.75 Å². The summed E-state index contributed by atoms with van der Waals surface area (Å²) in [7, 11) is 1.64. The second-order valence-electron chi connectivity index (χ2n) is 7.86. The van der Waals surface area contributed by atoms with Gasteiger partial charge in [-0.3, -0.25) is 9.59 Å². The Balaban J connectivity index is 1.33. The number of amides is 2. The predicted molar refractivity (Wildman–Crippen MR) is 127 cm³/mol. The van der Waals surface area contributed by atoms with Gasteiger partial charge in [0.2, 0.25) is 11.8 Å². The average molecular weight is 449 g/mol. The minimum absolute atomic E-state index is 0.0237. The van der Waals surface area contributed by atoms with Gasteiger partial charge < -0.3 is 15.0 Å². The molecule has 1 unspecified atom stereocenters. The molecule has 166 valence electrons. The van der Waals surface area contributed by atoms with Gasteiger partial charge in [-0.25, -0.2) is 0 Å². The van der Waals surface area contributed by atoms with E-state index in [1.54, 1.807) is 18.4 Å². The molecule has 1 N–H and O–H groups in total. The second-order valence-corrected chi connectivity index (χ2v) is 8.86. The highest BCUT2D eigenvalue weighted by Gasteiger charge is 2.32. The molecule has 0 saturated carbocycles. The molecule has 0 saturated heterocycles. The summed E-state index contributed by atoms with van der Waals surface area (Å²) in [4.78, 5) is 28.8. The molecule has 32 heavy (non-hydrogen) atoms. The standard InChI is InChI=1S/C26H28N2O3S/c1-31-22-10-6-5-7-19(22)13-16-27-24(29)11-12-25(30)28-17-14-23-21(15-18-32-23)26(28)20-8-3-2-4-9-20/h2-10,15,18,26H,11-14,16-17H2,1H3,(H,27,29). The van der Waals surface area contributed by atoms with Crippen LogP contribution in [-0.4, -0.2) is 36.9 Å². The monoisotopic (exact) mass is 448 g/mol. The molecule has 0 radical (unpaired) electrons. The van der Waals surface area contributed by atoms with Gasteiger partial charge in [0, 0.05) is 30.8 Å². The van der Waals surface area contributed by atoms with Gasteiger partial charge in [0.15, 0.2) is 0 Å². The highest BCUT2D eigenvalue weighted by molar-refractivity contribution is 7.10. The molecule has 2 heterocycles. The number of para-hydroxylation sites is 1. The van der Waals surface area contributed by atoms with E-state index >= 15 is 0 Å². The Morgan fingerprint density at radius 1 is 1.06 bits per heavy atom. The number of rotatable bonds is 8. The molecule has 1 aromatic heterocycles. The van der Waals surface area contributed by atoms with E-state index < -0.39 is 0 Å². The normalized spacial score (nSPS) is 15.2. The van der Waals surface area contributed by atoms with Crippen molar-refractivity contribution < 1.29 is 14.3 Å². The first-order valence-corrected chi connectivity index (χ1v) is 11.8. The van der Waals surface area contributed by atoms with E-state index in [2.05, 4.69) is 28.9 Å². The first kappa shape index (κ1) is 22.1. The lowest BCUT2D eigenvalue weighted by Gasteiger charge is -2.36. The molecule has 0 spiro atoms. The van der Waals surface area contributed by atoms with Crippen molar-refractivity contribution in [3.8, 4) is 5.75 Å². The third kappa shape index (κ3) is 5.02. The van der Waals surface area contributed by atoms with E-state index in [1.807, 2.05) is 47.4 Å². The molecule has 1 aliphatic rings. The van der Waals surface area contributed by atoms with E-state index in [0.29, 0.717) is 19.5 Å². The number of fused-ring (bicyclic) bond motifs is 1. The third-order valence-electron chi connectivity index (χ3n) is 5.88. The molecule has 0 fully saturated rings. The number of nitrogens with zero attached hydrogens (tertiary/aromatic N) is 1. The van der Waals surface area contributed by atoms with Crippen molar-refractivity contribution in [3.63, 3.8) is 0 Å². The Hall–Kier alpha value is -3.12. The fraction of sp³-hybridized carbons (Fsp3) is 0.308. The van der Waals surface area contributed by atoms with Crippen molar-refractivity contribution in [2.75, 3.05) is 20.2 Å². The number of nitrogens with one attached hydrogen (secondary N) is 1. The summed E-state index contributed by atoms with van der Waals surface area (Å²) >= 11 is 1.75. The number of benzene rings is 2. The molecule has 1 atom stereocenters. The molecule has 5 nitrogen and oxygen atoms in total. The number of hydrogen-bond donors (Lipinski definition) is 1. The lowest BCUT2D eigenvalue weighted by atomic mass is 9.93. The highest BCUT2D eigenvalue weighted by atomic mass is 32.1. The van der Waals surface area contributed by atoms with E-state index in [0.717, 1.165) is 23.3 Å². The fourth-order valence-corrected chi connectivity index (χ4v) is 5.18. The smallest absolute Gasteiger partial charge is 0.223 e. The molecule has 6 heteroatoms. The van der Waals surface area contributed by atoms with Crippen LogP contribution < -0.4 is 10.1 Å². The average Bonchev–Trinajstić information content (AvgIpc) is 3.31. The topological polar surface area (TPSA) is 58.6 Å². The van der Waals surface area contributed by atoms with Crippen LogP contribution in [0.4, 0.5) is 0 Å². The Bertz CT molecular complexity index is 1060. The zero-order chi connectivity index (χ0) is 22.3. The van der Waals surface area contributed by atoms with Crippen molar-refractivity contribution in [2.45, 2.75) is 31.7 Å². The van der Waals surface area contributed by atoms with Crippen LogP contribution in [0.2, 0.25) is 0 Å². The Labute approximate surface area is 193 Å². The van der Waals surface area contributed by atoms with Crippen LogP contribution in [0.15, 0.2) is 66.0 Å². The number of methoxy groups -OCH3 is 1. The van der Waals surface area contributed by atoms with E-state index in [4.69, 9.17) is 4.74 Å². The summed E-state index contributed by atoms with van der Waals surface area (Å²) in [6.07, 6.45) is 1.96. The van der Waals surface area contributed by atoms with E-state index in [-0.39, 0.29) is 30.7 Å². The van der Waals surface area contributed by atoms with E-state index in [1.165, 1.54) is 10.4 Å². The lowest BCUT2D eigenvalue weighted by Crippen LogP contribution is -2.40. The van der Waals surface area contributed by atoms with Crippen LogP contribution in [0.25, 0.3) is 0 Å². The van der Waals surface area contributed by atoms with Gasteiger partial charge in [-0.15, -0.1) is 11.3 Å². The molecule has 4 rings (SSSR count). The fourth-order valence-electron chi connectivity index (χ4n) is 4.28. The van der Waals surface area contributed by atoms with Crippen LogP contribution >= 0.6 is 11.3 Å². The maximum atomic E-state index is 13.1. The van der Waals surface area contributed by atoms with Crippen molar-refractivity contribution in [2.24, 2.45) is 0 Å². The largest absolute Gasteiger partial charge is 0.496 e. The molecule has 0 aliphatic carbocycles. The first-order valence-electron chi connectivity index (χ1n) is 11.0. The molecule has 1 aliphatic heterocycles. The van der Waals surface area contributed by atoms with Crippen molar-refractivity contribution in [1.82, 2.24) is 10.2 Å². The van der Waals surface area contributed by atoms with Crippen molar-refractivity contribution >= 4 is 23.2 Å². The van der Waals surface area contributed by atoms with Gasteiger partial charge in [-0.1, -0.05) is 48.5 Å². The third-order valence-corrected chi connectivity index (χ3v) is 6.87. The minimum atomic E-state index is -0.0993. The molecule has 0 bridgehead atoms. The summed E-state index contributed by atoms with van der Waals surface area (Å²) in [6, 6.07) is 20.0. The number of thiophene rings is 1. The maximum absolute atomic E-state index is 13.1. The second kappa shape index (κ2) is 10.5. The molecular weight excluding hydrogens is 420 g/mol. The maximum Gasteiger partial charge on any atom is 0.223 e. The number of carbonyl (C=O) groups is 2. The van der Waals surface area contributed by atoms with Gasteiger partial charge in [0.1, 0.15) is 5.75 Å². The van der Waals surface area contributed by atoms with E-state index in [9.17, 15) is 9.59 Å². The zero-order valence-corrected chi connectivity index (χ0v) is 19.1. The van der Waals surface area contributed by atoms with Crippen LogP contribution in [-0.2, 0) is 22.4 Å². The van der Waals surface area contributed by atoms with Gasteiger partial charge >= 0.3 is 0 Å². The number of carbonyl (C=O) groups excluding carboxylic acids is 2. The molecule has 3 aromatic rings. The number of ether oxygens (including phenoxy) is 1. The highest BCUT2D eigenvalue weighted by Crippen LogP contribution is 2.38. The first-order chi connectivity index (χ1) is 15.7. The summed E-state index contributed by atoms with van der Waals surface area (Å²) in [5, 5.41) is 5.03. The van der Waals surface area contributed by atoms with Crippen molar-refractivity contribution in [1.29, 1.82) is 0 Å². The molecule has 2 aromatic carbocycles.